The molecule has 1 N–H and O–H groups in total. The highest BCUT2D eigenvalue weighted by molar-refractivity contribution is 5.92. The lowest BCUT2D eigenvalue weighted by atomic mass is 9.94. The van der Waals surface area contributed by atoms with Crippen LogP contribution in [0.1, 0.15) is 0 Å². The van der Waals surface area contributed by atoms with E-state index in [4.69, 9.17) is 9.97 Å². The van der Waals surface area contributed by atoms with Gasteiger partial charge in [-0.25, -0.2) is 9.97 Å². The van der Waals surface area contributed by atoms with Crippen LogP contribution in [0.3, 0.4) is 0 Å². The third-order valence-corrected chi connectivity index (χ3v) is 8.44. The Morgan fingerprint density at radius 3 is 1.44 bits per heavy atom. The summed E-state index contributed by atoms with van der Waals surface area (Å²) < 4.78 is 0. The second kappa shape index (κ2) is 13.1. The second-order valence-corrected chi connectivity index (χ2v) is 11.6. The Morgan fingerprint density at radius 1 is 0.333 bits per heavy atom. The van der Waals surface area contributed by atoms with Gasteiger partial charge >= 0.3 is 0 Å². The molecule has 48 heavy (non-hydrogen) atoms. The van der Waals surface area contributed by atoms with Crippen molar-refractivity contribution in [3.63, 3.8) is 0 Å². The Kier molecular flexibility index (Phi) is 7.87. The zero-order chi connectivity index (χ0) is 32.1. The molecular weight excluding hydrogens is 585 g/mol. The first-order chi connectivity index (χ1) is 23.8. The minimum absolute atomic E-state index is 0.853. The van der Waals surface area contributed by atoms with Crippen LogP contribution in [0.5, 0.6) is 0 Å². The van der Waals surface area contributed by atoms with Gasteiger partial charge in [-0.1, -0.05) is 115 Å². The van der Waals surface area contributed by atoms with E-state index in [9.17, 15) is 0 Å². The molecule has 4 nitrogen and oxygen atoms in total. The molecule has 0 aliphatic rings. The molecule has 0 aliphatic heterocycles. The van der Waals surface area contributed by atoms with Crippen molar-refractivity contribution in [3.8, 4) is 33.6 Å². The number of hydrogen-bond donors (Lipinski definition) is 1. The molecule has 0 amide bonds. The number of aromatic nitrogens is 2. The van der Waals surface area contributed by atoms with Gasteiger partial charge in [-0.15, -0.1) is 0 Å². The Bertz CT molecular complexity index is 2280. The molecule has 0 spiro atoms. The number of fused-ring (bicyclic) bond motifs is 1. The van der Waals surface area contributed by atoms with Crippen molar-refractivity contribution in [2.24, 2.45) is 0 Å². The molecule has 1 heterocycles. The summed E-state index contributed by atoms with van der Waals surface area (Å²) in [6.07, 6.45) is 0. The summed E-state index contributed by atoms with van der Waals surface area (Å²) in [4.78, 5) is 12.7. The first kappa shape index (κ1) is 28.9. The summed E-state index contributed by atoms with van der Waals surface area (Å²) in [5.74, 6) is 0. The third kappa shape index (κ3) is 5.91. The molecule has 8 aromatic rings. The topological polar surface area (TPSA) is 41.0 Å². The van der Waals surface area contributed by atoms with Gasteiger partial charge in [0.1, 0.15) is 0 Å². The highest BCUT2D eigenvalue weighted by Crippen LogP contribution is 2.39. The number of rotatable bonds is 8. The highest BCUT2D eigenvalue weighted by atomic mass is 15.1. The summed E-state index contributed by atoms with van der Waals surface area (Å²) in [7, 11) is 0. The van der Waals surface area contributed by atoms with Crippen LogP contribution in [-0.4, -0.2) is 9.97 Å². The largest absolute Gasteiger partial charge is 0.356 e. The first-order valence-corrected chi connectivity index (χ1v) is 16.1. The Labute approximate surface area is 280 Å². The zero-order valence-electron chi connectivity index (χ0n) is 26.2. The molecule has 4 heteroatoms. The molecule has 0 aliphatic carbocycles. The van der Waals surface area contributed by atoms with Crippen molar-refractivity contribution in [2.45, 2.75) is 0 Å². The Morgan fingerprint density at radius 2 is 0.792 bits per heavy atom. The summed E-state index contributed by atoms with van der Waals surface area (Å²) in [6, 6.07) is 64.9. The Balaban J connectivity index is 1.20. The lowest BCUT2D eigenvalue weighted by molar-refractivity contribution is 1.27. The van der Waals surface area contributed by atoms with E-state index < -0.39 is 0 Å². The van der Waals surface area contributed by atoms with Crippen LogP contribution in [0.2, 0.25) is 0 Å². The maximum Gasteiger partial charge on any atom is 0.0979 e. The van der Waals surface area contributed by atoms with Crippen LogP contribution in [0.25, 0.3) is 44.7 Å². The normalized spacial score (nSPS) is 10.9. The number of benzene rings is 7. The second-order valence-electron chi connectivity index (χ2n) is 11.6. The van der Waals surface area contributed by atoms with Crippen LogP contribution < -0.4 is 10.2 Å². The fraction of sp³-hybridized carbons (Fsp3) is 0. The van der Waals surface area contributed by atoms with Crippen LogP contribution >= 0.6 is 0 Å². The van der Waals surface area contributed by atoms with Crippen LogP contribution in [-0.2, 0) is 0 Å². The van der Waals surface area contributed by atoms with Gasteiger partial charge < -0.3 is 10.2 Å². The van der Waals surface area contributed by atoms with Crippen molar-refractivity contribution in [1.82, 2.24) is 9.97 Å². The summed E-state index contributed by atoms with van der Waals surface area (Å²) >= 11 is 0. The molecule has 0 atom stereocenters. The van der Waals surface area contributed by atoms with Crippen molar-refractivity contribution in [2.75, 3.05) is 10.2 Å². The molecular formula is C44H32N4. The van der Waals surface area contributed by atoms with Gasteiger partial charge in [-0.3, -0.25) is 0 Å². The maximum absolute atomic E-state index is 5.22. The fourth-order valence-corrected chi connectivity index (χ4v) is 6.12. The van der Waals surface area contributed by atoms with E-state index in [0.29, 0.717) is 0 Å². The SMILES string of the molecule is c1ccc(Nc2ccc(N(c3ccccc3)c3ccc(-c4nc5ccccc5nc4-c4ccccc4-c4ccccc4)cc3)cc2)cc1. The number of para-hydroxylation sites is 4. The third-order valence-electron chi connectivity index (χ3n) is 8.44. The standard InChI is InChI=1S/C44H32N4/c1-4-14-32(15-5-1)39-20-10-11-21-40(39)44-43(46-41-22-12-13-23-42(41)47-44)33-24-28-37(29-25-33)48(36-18-8-3-9-19-36)38-30-26-35(27-31-38)45-34-16-6-2-7-17-34/h1-31,45H. The molecule has 8 rings (SSSR count). The molecule has 0 bridgehead atoms. The number of anilines is 5. The molecule has 1 aromatic heterocycles. The van der Waals surface area contributed by atoms with Gasteiger partial charge in [0.25, 0.3) is 0 Å². The highest BCUT2D eigenvalue weighted by Gasteiger charge is 2.18. The monoisotopic (exact) mass is 616 g/mol. The lowest BCUT2D eigenvalue weighted by Crippen LogP contribution is -2.09. The number of nitrogens with zero attached hydrogens (tertiary/aromatic N) is 3. The van der Waals surface area contributed by atoms with Crippen LogP contribution in [0.15, 0.2) is 188 Å². The Hall–Kier alpha value is -6.52. The minimum atomic E-state index is 0.853. The molecule has 0 unspecified atom stereocenters. The minimum Gasteiger partial charge on any atom is -0.356 e. The molecule has 0 radical (unpaired) electrons. The van der Waals surface area contributed by atoms with E-state index in [1.807, 2.05) is 54.6 Å². The van der Waals surface area contributed by atoms with Crippen molar-refractivity contribution in [1.29, 1.82) is 0 Å². The van der Waals surface area contributed by atoms with Gasteiger partial charge in [0.15, 0.2) is 0 Å². The predicted octanol–water partition coefficient (Wildman–Crippen LogP) is 11.8. The number of nitrogens with one attached hydrogen (secondary N) is 1. The van der Waals surface area contributed by atoms with Gasteiger partial charge in [0.2, 0.25) is 0 Å². The van der Waals surface area contributed by atoms with Crippen molar-refractivity contribution < 1.29 is 0 Å². The smallest absolute Gasteiger partial charge is 0.0979 e. The van der Waals surface area contributed by atoms with Gasteiger partial charge in [-0.2, -0.15) is 0 Å². The summed E-state index contributed by atoms with van der Waals surface area (Å²) in [5, 5.41) is 3.49. The van der Waals surface area contributed by atoms with E-state index in [1.54, 1.807) is 0 Å². The maximum atomic E-state index is 5.22. The average Bonchev–Trinajstić information content (AvgIpc) is 3.17. The van der Waals surface area contributed by atoms with E-state index in [0.717, 1.165) is 73.1 Å². The van der Waals surface area contributed by atoms with Gasteiger partial charge in [-0.05, 0) is 83.9 Å². The molecule has 7 aromatic carbocycles. The molecule has 228 valence electrons. The lowest BCUT2D eigenvalue weighted by Gasteiger charge is -2.26. The van der Waals surface area contributed by atoms with E-state index in [1.165, 1.54) is 0 Å². The average molecular weight is 617 g/mol. The fourth-order valence-electron chi connectivity index (χ4n) is 6.12. The van der Waals surface area contributed by atoms with Crippen molar-refractivity contribution >= 4 is 39.5 Å². The van der Waals surface area contributed by atoms with E-state index >= 15 is 0 Å². The molecule has 0 fully saturated rings. The first-order valence-electron chi connectivity index (χ1n) is 16.1. The van der Waals surface area contributed by atoms with E-state index in [2.05, 4.69) is 144 Å². The predicted molar refractivity (Wildman–Crippen MR) is 200 cm³/mol. The zero-order valence-corrected chi connectivity index (χ0v) is 26.2. The summed E-state index contributed by atoms with van der Waals surface area (Å²) in [6.45, 7) is 0. The molecule has 0 saturated carbocycles. The van der Waals surface area contributed by atoms with Gasteiger partial charge in [0, 0.05) is 39.6 Å². The van der Waals surface area contributed by atoms with Gasteiger partial charge in [0.05, 0.1) is 22.4 Å². The molecule has 0 saturated heterocycles. The number of hydrogen-bond acceptors (Lipinski definition) is 4. The quantitative estimate of drug-likeness (QED) is 0.184. The van der Waals surface area contributed by atoms with Crippen LogP contribution in [0.4, 0.5) is 28.4 Å². The van der Waals surface area contributed by atoms with Crippen LogP contribution in [0, 0.1) is 0 Å². The summed E-state index contributed by atoms with van der Waals surface area (Å²) in [5.41, 5.74) is 13.1. The van der Waals surface area contributed by atoms with E-state index in [-0.39, 0.29) is 0 Å². The van der Waals surface area contributed by atoms with Crippen molar-refractivity contribution in [3.05, 3.63) is 188 Å².